The van der Waals surface area contributed by atoms with Gasteiger partial charge >= 0.3 is 18.1 Å². The average molecular weight is 215 g/mol. The van der Waals surface area contributed by atoms with Crippen LogP contribution in [0.4, 0.5) is 13.2 Å². The lowest BCUT2D eigenvalue weighted by Crippen LogP contribution is -2.38. The van der Waals surface area contributed by atoms with Crippen molar-refractivity contribution in [1.82, 2.24) is 5.32 Å². The molecule has 0 aromatic rings. The zero-order valence-electron chi connectivity index (χ0n) is 6.84. The third-order valence-corrected chi connectivity index (χ3v) is 1.25. The van der Waals surface area contributed by atoms with Crippen molar-refractivity contribution in [2.45, 2.75) is 18.7 Å². The summed E-state index contributed by atoms with van der Waals surface area (Å²) in [5.41, 5.74) is 0. The number of halogens is 3. The van der Waals surface area contributed by atoms with Gasteiger partial charge in [0.2, 0.25) is 0 Å². The lowest BCUT2D eigenvalue weighted by atomic mass is 10.2. The van der Waals surface area contributed by atoms with Gasteiger partial charge in [-0.05, 0) is 0 Å². The number of hydrogen-bond donors (Lipinski definition) is 3. The smallest absolute Gasteiger partial charge is 0.471 e. The summed E-state index contributed by atoms with van der Waals surface area (Å²) in [5.74, 6) is -3.71. The van der Waals surface area contributed by atoms with E-state index in [4.69, 9.17) is 10.2 Å². The highest BCUT2D eigenvalue weighted by atomic mass is 19.4. The second-order valence-electron chi connectivity index (χ2n) is 2.40. The molecule has 0 aliphatic carbocycles. The minimum atomic E-state index is -4.99. The predicted molar refractivity (Wildman–Crippen MR) is 37.3 cm³/mol. The molecule has 0 aliphatic heterocycles. The van der Waals surface area contributed by atoms with Crippen molar-refractivity contribution < 1.29 is 33.0 Å². The molecule has 0 saturated carbocycles. The van der Waals surface area contributed by atoms with Gasteiger partial charge in [0, 0.05) is 13.0 Å². The molecule has 0 heterocycles. The molecular weight excluding hydrogens is 207 g/mol. The standard InChI is InChI=1S/C6H8F3NO4/c7-6(8,9)5(14)10-2-1-3(11)4(12)13/h3,11H,1-2H2,(H,10,14)(H,12,13). The van der Waals surface area contributed by atoms with E-state index in [-0.39, 0.29) is 0 Å². The molecule has 5 nitrogen and oxygen atoms in total. The second kappa shape index (κ2) is 4.80. The van der Waals surface area contributed by atoms with E-state index < -0.39 is 37.1 Å². The summed E-state index contributed by atoms with van der Waals surface area (Å²) in [6, 6.07) is 0. The van der Waals surface area contributed by atoms with E-state index in [2.05, 4.69) is 0 Å². The van der Waals surface area contributed by atoms with Crippen LogP contribution in [0.1, 0.15) is 6.42 Å². The molecule has 0 spiro atoms. The van der Waals surface area contributed by atoms with E-state index in [1.807, 2.05) is 0 Å². The molecule has 3 N–H and O–H groups in total. The first-order valence-electron chi connectivity index (χ1n) is 3.51. The van der Waals surface area contributed by atoms with E-state index >= 15 is 0 Å². The molecule has 0 bridgehead atoms. The first-order valence-corrected chi connectivity index (χ1v) is 3.51. The van der Waals surface area contributed by atoms with Crippen LogP contribution in [0.25, 0.3) is 0 Å². The SMILES string of the molecule is O=C(O)C(O)CCNC(=O)C(F)(F)F. The lowest BCUT2D eigenvalue weighted by Gasteiger charge is -2.08. The van der Waals surface area contributed by atoms with Crippen molar-refractivity contribution in [2.24, 2.45) is 0 Å². The molecular formula is C6H8F3NO4. The Hall–Kier alpha value is -1.31. The van der Waals surface area contributed by atoms with E-state index in [9.17, 15) is 22.8 Å². The molecule has 0 rings (SSSR count). The molecule has 0 radical (unpaired) electrons. The molecule has 1 amide bonds. The van der Waals surface area contributed by atoms with Gasteiger partial charge in [-0.25, -0.2) is 4.79 Å². The topological polar surface area (TPSA) is 86.6 Å². The first kappa shape index (κ1) is 12.7. The molecule has 0 aromatic carbocycles. The number of carbonyl (C=O) groups excluding carboxylic acids is 1. The highest BCUT2D eigenvalue weighted by Crippen LogP contribution is 2.13. The summed E-state index contributed by atoms with van der Waals surface area (Å²) in [6.07, 6.45) is -7.24. The van der Waals surface area contributed by atoms with Gasteiger partial charge in [0.15, 0.2) is 6.10 Å². The number of aliphatic hydroxyl groups is 1. The quantitative estimate of drug-likeness (QED) is 0.590. The van der Waals surface area contributed by atoms with Crippen molar-refractivity contribution >= 4 is 11.9 Å². The van der Waals surface area contributed by atoms with Crippen molar-refractivity contribution in [3.05, 3.63) is 0 Å². The Balaban J connectivity index is 3.76. The van der Waals surface area contributed by atoms with Crippen LogP contribution < -0.4 is 5.32 Å². The molecule has 0 fully saturated rings. The molecule has 0 aliphatic rings. The maximum Gasteiger partial charge on any atom is 0.471 e. The van der Waals surface area contributed by atoms with Crippen molar-refractivity contribution in [1.29, 1.82) is 0 Å². The fourth-order valence-electron chi connectivity index (χ4n) is 0.546. The summed E-state index contributed by atoms with van der Waals surface area (Å²) in [6.45, 7) is -0.550. The lowest BCUT2D eigenvalue weighted by molar-refractivity contribution is -0.173. The molecule has 14 heavy (non-hydrogen) atoms. The third-order valence-electron chi connectivity index (χ3n) is 1.25. The number of carbonyl (C=O) groups is 2. The Kier molecular flexibility index (Phi) is 4.35. The highest BCUT2D eigenvalue weighted by Gasteiger charge is 2.38. The summed E-state index contributed by atoms with van der Waals surface area (Å²) in [7, 11) is 0. The predicted octanol–water partition coefficient (Wildman–Crippen LogP) is -0.499. The minimum absolute atomic E-state index is 0.475. The Morgan fingerprint density at radius 1 is 1.36 bits per heavy atom. The van der Waals surface area contributed by atoms with Gasteiger partial charge < -0.3 is 15.5 Å². The number of aliphatic hydroxyl groups excluding tert-OH is 1. The number of aliphatic carboxylic acids is 1. The van der Waals surface area contributed by atoms with Gasteiger partial charge in [0.1, 0.15) is 0 Å². The Bertz CT molecular complexity index is 228. The van der Waals surface area contributed by atoms with Gasteiger partial charge in [0.25, 0.3) is 0 Å². The third kappa shape index (κ3) is 4.65. The van der Waals surface area contributed by atoms with E-state index in [1.165, 1.54) is 5.32 Å². The largest absolute Gasteiger partial charge is 0.479 e. The van der Waals surface area contributed by atoms with Crippen molar-refractivity contribution in [3.8, 4) is 0 Å². The van der Waals surface area contributed by atoms with Gasteiger partial charge in [-0.15, -0.1) is 0 Å². The fourth-order valence-corrected chi connectivity index (χ4v) is 0.546. The average Bonchev–Trinajstić information content (AvgIpc) is 2.01. The van der Waals surface area contributed by atoms with Gasteiger partial charge in [0.05, 0.1) is 0 Å². The van der Waals surface area contributed by atoms with Crippen LogP contribution in [0, 0.1) is 0 Å². The number of alkyl halides is 3. The van der Waals surface area contributed by atoms with Crippen LogP contribution in [0.5, 0.6) is 0 Å². The summed E-state index contributed by atoms with van der Waals surface area (Å²) < 4.78 is 34.6. The highest BCUT2D eigenvalue weighted by molar-refractivity contribution is 5.81. The summed E-state index contributed by atoms with van der Waals surface area (Å²) >= 11 is 0. The van der Waals surface area contributed by atoms with Gasteiger partial charge in [-0.3, -0.25) is 4.79 Å². The summed E-state index contributed by atoms with van der Waals surface area (Å²) in [5, 5.41) is 18.2. The first-order chi connectivity index (χ1) is 6.25. The Labute approximate surface area is 76.5 Å². The van der Waals surface area contributed by atoms with Crippen LogP contribution in [-0.4, -0.2) is 40.9 Å². The van der Waals surface area contributed by atoms with Crippen molar-refractivity contribution in [3.63, 3.8) is 0 Å². The molecule has 1 atom stereocenters. The number of nitrogens with one attached hydrogen (secondary N) is 1. The monoisotopic (exact) mass is 215 g/mol. The minimum Gasteiger partial charge on any atom is -0.479 e. The Morgan fingerprint density at radius 2 is 1.86 bits per heavy atom. The number of rotatable bonds is 4. The molecule has 1 unspecified atom stereocenters. The maximum absolute atomic E-state index is 11.5. The fraction of sp³-hybridized carbons (Fsp3) is 0.667. The van der Waals surface area contributed by atoms with Crippen LogP contribution in [0.2, 0.25) is 0 Å². The molecule has 8 heteroatoms. The van der Waals surface area contributed by atoms with Crippen LogP contribution in [-0.2, 0) is 9.59 Å². The number of carboxylic acid groups (broad SMARTS) is 1. The van der Waals surface area contributed by atoms with E-state index in [1.54, 1.807) is 0 Å². The molecule has 0 saturated heterocycles. The molecule has 0 aromatic heterocycles. The van der Waals surface area contributed by atoms with Gasteiger partial charge in [-0.2, -0.15) is 13.2 Å². The van der Waals surface area contributed by atoms with Crippen LogP contribution >= 0.6 is 0 Å². The molecule has 82 valence electrons. The van der Waals surface area contributed by atoms with E-state index in [0.717, 1.165) is 0 Å². The van der Waals surface area contributed by atoms with Crippen LogP contribution in [0.3, 0.4) is 0 Å². The second-order valence-corrected chi connectivity index (χ2v) is 2.40. The maximum atomic E-state index is 11.5. The zero-order chi connectivity index (χ0) is 11.4. The Morgan fingerprint density at radius 3 is 2.21 bits per heavy atom. The summed E-state index contributed by atoms with van der Waals surface area (Å²) in [4.78, 5) is 20.1. The number of carboxylic acids is 1. The van der Waals surface area contributed by atoms with Gasteiger partial charge in [-0.1, -0.05) is 0 Å². The van der Waals surface area contributed by atoms with Crippen LogP contribution in [0.15, 0.2) is 0 Å². The number of hydrogen-bond acceptors (Lipinski definition) is 3. The number of amides is 1. The van der Waals surface area contributed by atoms with E-state index in [0.29, 0.717) is 0 Å². The zero-order valence-corrected chi connectivity index (χ0v) is 6.84. The van der Waals surface area contributed by atoms with Crippen molar-refractivity contribution in [2.75, 3.05) is 6.54 Å². The normalized spacial score (nSPS) is 13.4.